The van der Waals surface area contributed by atoms with Crippen molar-refractivity contribution in [3.63, 3.8) is 0 Å². The molecular weight excluding hydrogens is 212 g/mol. The molecule has 0 saturated heterocycles. The molecule has 0 aromatic heterocycles. The van der Waals surface area contributed by atoms with Gasteiger partial charge in [0.25, 0.3) is 0 Å². The maximum atomic E-state index is 5.61. The van der Waals surface area contributed by atoms with Gasteiger partial charge in [0.05, 0.1) is 0 Å². The first-order valence-corrected chi connectivity index (χ1v) is 7.20. The molecule has 1 unspecified atom stereocenters. The van der Waals surface area contributed by atoms with Crippen LogP contribution in [0.25, 0.3) is 0 Å². The summed E-state index contributed by atoms with van der Waals surface area (Å²) in [5.74, 6) is 0. The highest BCUT2D eigenvalue weighted by Crippen LogP contribution is 1.92. The molecule has 0 aliphatic carbocycles. The molecule has 0 saturated carbocycles. The predicted molar refractivity (Wildman–Crippen MR) is 75.6 cm³/mol. The normalized spacial score (nSPS) is 13.2. The minimum absolute atomic E-state index is 0.637. The van der Waals surface area contributed by atoms with Crippen LogP contribution in [0.4, 0.5) is 0 Å². The fourth-order valence-electron chi connectivity index (χ4n) is 1.70. The van der Waals surface area contributed by atoms with Crippen molar-refractivity contribution in [3.8, 4) is 0 Å². The summed E-state index contributed by atoms with van der Waals surface area (Å²) in [6.07, 6.45) is 4.70. The molecule has 0 spiro atoms. The summed E-state index contributed by atoms with van der Waals surface area (Å²) < 4.78 is 5.61. The van der Waals surface area contributed by atoms with Crippen molar-refractivity contribution < 1.29 is 4.74 Å². The highest BCUT2D eigenvalue weighted by Gasteiger charge is 1.97. The van der Waals surface area contributed by atoms with Crippen molar-refractivity contribution in [3.05, 3.63) is 0 Å². The summed E-state index contributed by atoms with van der Waals surface area (Å²) in [4.78, 5) is 2.37. The Hall–Kier alpha value is -0.120. The van der Waals surface area contributed by atoms with E-state index in [0.717, 1.165) is 39.1 Å². The quantitative estimate of drug-likeness (QED) is 0.534. The second kappa shape index (κ2) is 12.3. The molecule has 0 aliphatic rings. The lowest BCUT2D eigenvalue weighted by Crippen LogP contribution is -2.27. The van der Waals surface area contributed by atoms with E-state index in [4.69, 9.17) is 4.74 Å². The third-order valence-corrected chi connectivity index (χ3v) is 3.00. The Labute approximate surface area is 108 Å². The molecule has 17 heavy (non-hydrogen) atoms. The van der Waals surface area contributed by atoms with Crippen LogP contribution in [0.15, 0.2) is 0 Å². The Morgan fingerprint density at radius 2 is 1.82 bits per heavy atom. The predicted octanol–water partition coefficient (Wildman–Crippen LogP) is 2.51. The number of rotatable bonds is 12. The first-order valence-electron chi connectivity index (χ1n) is 7.20. The molecule has 3 nitrogen and oxygen atoms in total. The fourth-order valence-corrected chi connectivity index (χ4v) is 1.70. The van der Waals surface area contributed by atoms with E-state index in [1.54, 1.807) is 0 Å². The molecule has 0 fully saturated rings. The van der Waals surface area contributed by atoms with Crippen LogP contribution in [0.2, 0.25) is 0 Å². The van der Waals surface area contributed by atoms with Gasteiger partial charge in [-0.25, -0.2) is 0 Å². The standard InChI is InChI=1S/C14H32N2O/c1-5-10-16(4)11-8-13-17-12-7-9-15-14(3)6-2/h14-15H,5-13H2,1-4H3. The monoisotopic (exact) mass is 244 g/mol. The topological polar surface area (TPSA) is 24.5 Å². The second-order valence-corrected chi connectivity index (χ2v) is 4.89. The summed E-state index contributed by atoms with van der Waals surface area (Å²) >= 11 is 0. The number of hydrogen-bond donors (Lipinski definition) is 1. The minimum Gasteiger partial charge on any atom is -0.381 e. The van der Waals surface area contributed by atoms with Crippen molar-refractivity contribution in [2.45, 2.75) is 52.5 Å². The Morgan fingerprint density at radius 1 is 1.12 bits per heavy atom. The third-order valence-electron chi connectivity index (χ3n) is 3.00. The van der Waals surface area contributed by atoms with Crippen molar-refractivity contribution in [2.24, 2.45) is 0 Å². The third kappa shape index (κ3) is 12.1. The van der Waals surface area contributed by atoms with E-state index in [1.807, 2.05) is 0 Å². The second-order valence-electron chi connectivity index (χ2n) is 4.89. The smallest absolute Gasteiger partial charge is 0.0478 e. The van der Waals surface area contributed by atoms with Gasteiger partial charge in [0.15, 0.2) is 0 Å². The van der Waals surface area contributed by atoms with E-state index >= 15 is 0 Å². The van der Waals surface area contributed by atoms with Gasteiger partial charge in [-0.1, -0.05) is 13.8 Å². The van der Waals surface area contributed by atoms with Crippen LogP contribution in [0.1, 0.15) is 46.5 Å². The molecule has 1 N–H and O–H groups in total. The summed E-state index contributed by atoms with van der Waals surface area (Å²) in [6.45, 7) is 11.9. The lowest BCUT2D eigenvalue weighted by Gasteiger charge is -2.15. The van der Waals surface area contributed by atoms with Crippen LogP contribution >= 0.6 is 0 Å². The summed E-state index contributed by atoms with van der Waals surface area (Å²) in [5, 5.41) is 3.47. The number of nitrogens with zero attached hydrogens (tertiary/aromatic N) is 1. The van der Waals surface area contributed by atoms with Gasteiger partial charge in [0, 0.05) is 25.8 Å². The van der Waals surface area contributed by atoms with Crippen LogP contribution in [0, 0.1) is 0 Å². The van der Waals surface area contributed by atoms with Crippen molar-refractivity contribution in [2.75, 3.05) is 39.9 Å². The van der Waals surface area contributed by atoms with E-state index in [9.17, 15) is 0 Å². The number of nitrogens with one attached hydrogen (secondary N) is 1. The minimum atomic E-state index is 0.637. The van der Waals surface area contributed by atoms with E-state index in [1.165, 1.54) is 19.4 Å². The van der Waals surface area contributed by atoms with Gasteiger partial charge in [-0.2, -0.15) is 0 Å². The maximum Gasteiger partial charge on any atom is 0.0478 e. The van der Waals surface area contributed by atoms with Crippen LogP contribution < -0.4 is 5.32 Å². The van der Waals surface area contributed by atoms with E-state index in [2.05, 4.69) is 38.0 Å². The maximum absolute atomic E-state index is 5.61. The molecule has 0 rings (SSSR count). The molecule has 0 aliphatic heterocycles. The van der Waals surface area contributed by atoms with Crippen molar-refractivity contribution >= 4 is 0 Å². The molecule has 1 atom stereocenters. The van der Waals surface area contributed by atoms with Gasteiger partial charge in [0.2, 0.25) is 0 Å². The largest absolute Gasteiger partial charge is 0.381 e. The lowest BCUT2D eigenvalue weighted by molar-refractivity contribution is 0.121. The average molecular weight is 244 g/mol. The van der Waals surface area contributed by atoms with Gasteiger partial charge in [-0.3, -0.25) is 0 Å². The molecular formula is C14H32N2O. The molecule has 0 bridgehead atoms. The van der Waals surface area contributed by atoms with Crippen LogP contribution in [-0.2, 0) is 4.74 Å². The van der Waals surface area contributed by atoms with Crippen molar-refractivity contribution in [1.29, 1.82) is 0 Å². The lowest BCUT2D eigenvalue weighted by atomic mass is 10.2. The van der Waals surface area contributed by atoms with Gasteiger partial charge in [-0.15, -0.1) is 0 Å². The number of ether oxygens (including phenoxy) is 1. The van der Waals surface area contributed by atoms with Gasteiger partial charge in [-0.05, 0) is 52.7 Å². The summed E-state index contributed by atoms with van der Waals surface area (Å²) in [7, 11) is 2.18. The fraction of sp³-hybridized carbons (Fsp3) is 1.00. The first kappa shape index (κ1) is 16.9. The SMILES string of the molecule is CCCN(C)CCCOCCCNC(C)CC. The Balaban J connectivity index is 3.08. The summed E-state index contributed by atoms with van der Waals surface area (Å²) in [6, 6.07) is 0.637. The summed E-state index contributed by atoms with van der Waals surface area (Å²) in [5.41, 5.74) is 0. The molecule has 0 heterocycles. The Bertz CT molecular complexity index is 153. The molecule has 0 amide bonds. The molecule has 0 aromatic carbocycles. The van der Waals surface area contributed by atoms with Crippen LogP contribution in [-0.4, -0.2) is 50.8 Å². The first-order chi connectivity index (χ1) is 8.20. The highest BCUT2D eigenvalue weighted by atomic mass is 16.5. The zero-order valence-electron chi connectivity index (χ0n) is 12.3. The number of hydrogen-bond acceptors (Lipinski definition) is 3. The Kier molecular flexibility index (Phi) is 12.3. The van der Waals surface area contributed by atoms with Crippen LogP contribution in [0.5, 0.6) is 0 Å². The van der Waals surface area contributed by atoms with E-state index in [-0.39, 0.29) is 0 Å². The molecule has 0 aromatic rings. The molecule has 0 radical (unpaired) electrons. The average Bonchev–Trinajstić information content (AvgIpc) is 2.32. The Morgan fingerprint density at radius 3 is 2.47 bits per heavy atom. The van der Waals surface area contributed by atoms with Gasteiger partial charge >= 0.3 is 0 Å². The molecule has 104 valence electrons. The van der Waals surface area contributed by atoms with Crippen molar-refractivity contribution in [1.82, 2.24) is 10.2 Å². The van der Waals surface area contributed by atoms with Crippen LogP contribution in [0.3, 0.4) is 0 Å². The zero-order chi connectivity index (χ0) is 12.9. The van der Waals surface area contributed by atoms with E-state index < -0.39 is 0 Å². The highest BCUT2D eigenvalue weighted by molar-refractivity contribution is 4.56. The van der Waals surface area contributed by atoms with E-state index in [0.29, 0.717) is 6.04 Å². The van der Waals surface area contributed by atoms with Gasteiger partial charge in [0.1, 0.15) is 0 Å². The zero-order valence-corrected chi connectivity index (χ0v) is 12.3. The van der Waals surface area contributed by atoms with Gasteiger partial charge < -0.3 is 15.0 Å². The molecule has 3 heteroatoms.